The highest BCUT2D eigenvalue weighted by molar-refractivity contribution is 6.30. The SMILES string of the molecule is Cn1cc(C(=O)N[C@@H]2CCCC[C@H]2c2ccc(Cl)cc2)c(C(F)F)n1. The lowest BCUT2D eigenvalue weighted by Crippen LogP contribution is -2.41. The summed E-state index contributed by atoms with van der Waals surface area (Å²) < 4.78 is 27.4. The lowest BCUT2D eigenvalue weighted by molar-refractivity contribution is 0.0906. The molecule has 1 amide bonds. The van der Waals surface area contributed by atoms with Gasteiger partial charge >= 0.3 is 0 Å². The van der Waals surface area contributed by atoms with E-state index in [-0.39, 0.29) is 17.5 Å². The number of benzene rings is 1. The van der Waals surface area contributed by atoms with Crippen molar-refractivity contribution in [1.29, 1.82) is 0 Å². The fourth-order valence-corrected chi connectivity index (χ4v) is 3.63. The van der Waals surface area contributed by atoms with E-state index in [1.807, 2.05) is 24.3 Å². The number of aryl methyl sites for hydroxylation is 1. The molecule has 2 atom stereocenters. The average molecular weight is 368 g/mol. The number of hydrogen-bond acceptors (Lipinski definition) is 2. The quantitative estimate of drug-likeness (QED) is 0.866. The molecule has 1 N–H and O–H groups in total. The molecule has 1 fully saturated rings. The smallest absolute Gasteiger partial charge is 0.282 e. The van der Waals surface area contributed by atoms with Crippen molar-refractivity contribution in [2.75, 3.05) is 0 Å². The Morgan fingerprint density at radius 2 is 1.96 bits per heavy atom. The summed E-state index contributed by atoms with van der Waals surface area (Å²) in [5.41, 5.74) is 0.575. The first-order valence-corrected chi connectivity index (χ1v) is 8.71. The van der Waals surface area contributed by atoms with E-state index >= 15 is 0 Å². The van der Waals surface area contributed by atoms with Gasteiger partial charge in [-0.2, -0.15) is 5.10 Å². The molecule has 1 heterocycles. The van der Waals surface area contributed by atoms with Crippen LogP contribution in [-0.2, 0) is 7.05 Å². The molecule has 0 aliphatic heterocycles. The number of aromatic nitrogens is 2. The van der Waals surface area contributed by atoms with Crippen LogP contribution < -0.4 is 5.32 Å². The van der Waals surface area contributed by atoms with Crippen LogP contribution in [0.15, 0.2) is 30.5 Å². The Morgan fingerprint density at radius 1 is 1.28 bits per heavy atom. The number of rotatable bonds is 4. The largest absolute Gasteiger partial charge is 0.349 e. The number of halogens is 3. The summed E-state index contributed by atoms with van der Waals surface area (Å²) in [5.74, 6) is -0.337. The summed E-state index contributed by atoms with van der Waals surface area (Å²) in [5, 5.41) is 7.31. The monoisotopic (exact) mass is 367 g/mol. The lowest BCUT2D eigenvalue weighted by Gasteiger charge is -2.32. The van der Waals surface area contributed by atoms with E-state index in [0.717, 1.165) is 31.2 Å². The maximum atomic E-state index is 13.1. The van der Waals surface area contributed by atoms with Crippen LogP contribution in [0, 0.1) is 0 Å². The zero-order valence-electron chi connectivity index (χ0n) is 13.9. The van der Waals surface area contributed by atoms with Gasteiger partial charge in [0.25, 0.3) is 12.3 Å². The molecular formula is C18H20ClF2N3O. The number of nitrogens with one attached hydrogen (secondary N) is 1. The first kappa shape index (κ1) is 17.9. The molecule has 0 unspecified atom stereocenters. The third kappa shape index (κ3) is 4.00. The standard InChI is InChI=1S/C18H20ClF2N3O/c1-24-10-14(16(23-24)17(20)21)18(25)22-15-5-3-2-4-13(15)11-6-8-12(19)9-7-11/h6-10,13,15,17H,2-5H2,1H3,(H,22,25)/t13-,15+/m0/s1. The summed E-state index contributed by atoms with van der Waals surface area (Å²) >= 11 is 5.95. The van der Waals surface area contributed by atoms with Crippen LogP contribution in [0.25, 0.3) is 0 Å². The number of alkyl halides is 2. The molecule has 25 heavy (non-hydrogen) atoms. The first-order chi connectivity index (χ1) is 12.0. The first-order valence-electron chi connectivity index (χ1n) is 8.33. The molecule has 1 aliphatic carbocycles. The number of nitrogens with zero attached hydrogens (tertiary/aromatic N) is 2. The third-order valence-corrected chi connectivity index (χ3v) is 4.94. The second kappa shape index (κ2) is 7.52. The van der Waals surface area contributed by atoms with Crippen LogP contribution in [-0.4, -0.2) is 21.7 Å². The van der Waals surface area contributed by atoms with Gasteiger partial charge in [0, 0.05) is 30.2 Å². The van der Waals surface area contributed by atoms with Gasteiger partial charge in [-0.1, -0.05) is 36.6 Å². The van der Waals surface area contributed by atoms with Gasteiger partial charge in [0.1, 0.15) is 5.69 Å². The van der Waals surface area contributed by atoms with Crippen molar-refractivity contribution < 1.29 is 13.6 Å². The fourth-order valence-electron chi connectivity index (χ4n) is 3.50. The second-order valence-electron chi connectivity index (χ2n) is 6.42. The molecule has 2 aromatic rings. The van der Waals surface area contributed by atoms with Crippen LogP contribution in [0.3, 0.4) is 0 Å². The van der Waals surface area contributed by atoms with Crippen molar-refractivity contribution >= 4 is 17.5 Å². The molecule has 0 radical (unpaired) electrons. The zero-order chi connectivity index (χ0) is 18.0. The molecule has 1 aromatic heterocycles. The van der Waals surface area contributed by atoms with Crippen molar-refractivity contribution in [1.82, 2.24) is 15.1 Å². The van der Waals surface area contributed by atoms with Gasteiger partial charge < -0.3 is 5.32 Å². The van der Waals surface area contributed by atoms with Gasteiger partial charge in [-0.3, -0.25) is 9.48 Å². The van der Waals surface area contributed by atoms with E-state index in [1.165, 1.54) is 17.9 Å². The molecule has 0 bridgehead atoms. The number of amides is 1. The van der Waals surface area contributed by atoms with Gasteiger partial charge in [0.15, 0.2) is 0 Å². The molecule has 7 heteroatoms. The van der Waals surface area contributed by atoms with Gasteiger partial charge in [-0.05, 0) is 30.5 Å². The van der Waals surface area contributed by atoms with Gasteiger partial charge in [0.05, 0.1) is 5.56 Å². The maximum absolute atomic E-state index is 13.1. The van der Waals surface area contributed by atoms with Crippen LogP contribution in [0.2, 0.25) is 5.02 Å². The van der Waals surface area contributed by atoms with Crippen LogP contribution in [0.1, 0.15) is 59.6 Å². The molecule has 1 aliphatic rings. The summed E-state index contributed by atoms with van der Waals surface area (Å²) in [4.78, 5) is 12.6. The highest BCUT2D eigenvalue weighted by Crippen LogP contribution is 2.34. The van der Waals surface area contributed by atoms with Crippen molar-refractivity contribution in [3.63, 3.8) is 0 Å². The van der Waals surface area contributed by atoms with Crippen molar-refractivity contribution in [3.05, 3.63) is 52.3 Å². The number of hydrogen-bond donors (Lipinski definition) is 1. The molecule has 0 spiro atoms. The van der Waals surface area contributed by atoms with E-state index in [0.29, 0.717) is 5.02 Å². The van der Waals surface area contributed by atoms with E-state index < -0.39 is 18.0 Å². The Kier molecular flexibility index (Phi) is 5.37. The topological polar surface area (TPSA) is 46.9 Å². The van der Waals surface area contributed by atoms with E-state index in [4.69, 9.17) is 11.6 Å². The molecule has 0 saturated heterocycles. The molecule has 1 aromatic carbocycles. The lowest BCUT2D eigenvalue weighted by atomic mass is 9.80. The number of carbonyl (C=O) groups is 1. The Labute approximate surface area is 150 Å². The van der Waals surface area contributed by atoms with Crippen molar-refractivity contribution in [3.8, 4) is 0 Å². The third-order valence-electron chi connectivity index (χ3n) is 4.69. The normalized spacial score (nSPS) is 20.7. The van der Waals surface area contributed by atoms with Crippen molar-refractivity contribution in [2.45, 2.75) is 44.1 Å². The van der Waals surface area contributed by atoms with Crippen LogP contribution >= 0.6 is 11.6 Å². The highest BCUT2D eigenvalue weighted by Gasteiger charge is 2.30. The Hall–Kier alpha value is -1.95. The molecule has 134 valence electrons. The average Bonchev–Trinajstić information content (AvgIpc) is 2.99. The van der Waals surface area contributed by atoms with E-state index in [1.54, 1.807) is 0 Å². The molecule has 4 nitrogen and oxygen atoms in total. The number of carbonyl (C=O) groups excluding carboxylic acids is 1. The summed E-state index contributed by atoms with van der Waals surface area (Å²) in [6.07, 6.45) is 2.42. The van der Waals surface area contributed by atoms with E-state index in [2.05, 4.69) is 10.4 Å². The van der Waals surface area contributed by atoms with Gasteiger partial charge in [-0.15, -0.1) is 0 Å². The van der Waals surface area contributed by atoms with Crippen molar-refractivity contribution in [2.24, 2.45) is 7.05 Å². The zero-order valence-corrected chi connectivity index (χ0v) is 14.6. The highest BCUT2D eigenvalue weighted by atomic mass is 35.5. The van der Waals surface area contributed by atoms with Gasteiger partial charge in [0.2, 0.25) is 0 Å². The van der Waals surface area contributed by atoms with Crippen LogP contribution in [0.5, 0.6) is 0 Å². The molecular weight excluding hydrogens is 348 g/mol. The fraction of sp³-hybridized carbons (Fsp3) is 0.444. The summed E-state index contributed by atoms with van der Waals surface area (Å²) in [7, 11) is 1.53. The second-order valence-corrected chi connectivity index (χ2v) is 6.86. The minimum atomic E-state index is -2.78. The molecule has 3 rings (SSSR count). The predicted molar refractivity (Wildman–Crippen MR) is 92.1 cm³/mol. The molecule has 1 saturated carbocycles. The minimum absolute atomic E-state index is 0.0575. The summed E-state index contributed by atoms with van der Waals surface area (Å²) in [6, 6.07) is 7.51. The maximum Gasteiger partial charge on any atom is 0.282 e. The van der Waals surface area contributed by atoms with Gasteiger partial charge in [-0.25, -0.2) is 8.78 Å². The summed E-state index contributed by atoms with van der Waals surface area (Å²) in [6.45, 7) is 0. The Bertz CT molecular complexity index is 745. The Morgan fingerprint density at radius 3 is 2.64 bits per heavy atom. The predicted octanol–water partition coefficient (Wildman–Crippen LogP) is 4.47. The minimum Gasteiger partial charge on any atom is -0.349 e. The Balaban J connectivity index is 1.80. The van der Waals surface area contributed by atoms with E-state index in [9.17, 15) is 13.6 Å². The van der Waals surface area contributed by atoms with Crippen LogP contribution in [0.4, 0.5) is 8.78 Å².